The van der Waals surface area contributed by atoms with Gasteiger partial charge >= 0.3 is 0 Å². The summed E-state index contributed by atoms with van der Waals surface area (Å²) in [6, 6.07) is 12.1. The van der Waals surface area contributed by atoms with E-state index in [1.54, 1.807) is 0 Å². The Morgan fingerprint density at radius 3 is 2.75 bits per heavy atom. The number of aryl methyl sites for hydroxylation is 1. The number of benzene rings is 2. The summed E-state index contributed by atoms with van der Waals surface area (Å²) in [5.74, 6) is 0.779. The van der Waals surface area contributed by atoms with Gasteiger partial charge in [-0.1, -0.05) is 29.3 Å². The molecule has 6 heteroatoms. The van der Waals surface area contributed by atoms with Crippen molar-refractivity contribution in [2.24, 2.45) is 0 Å². The van der Waals surface area contributed by atoms with E-state index in [1.807, 2.05) is 41.1 Å². The van der Waals surface area contributed by atoms with Crippen molar-refractivity contribution in [2.45, 2.75) is 39.3 Å². The predicted molar refractivity (Wildman–Crippen MR) is 113 cm³/mol. The number of hydrogen-bond donors (Lipinski definition) is 0. The molecule has 0 atom stereocenters. The van der Waals surface area contributed by atoms with Crippen LogP contribution < -0.4 is 4.74 Å². The summed E-state index contributed by atoms with van der Waals surface area (Å²) in [6.07, 6.45) is 2.29. The average molecular weight is 415 g/mol. The fraction of sp³-hybridized carbons (Fsp3) is 0.273. The van der Waals surface area contributed by atoms with Gasteiger partial charge in [-0.3, -0.25) is 9.48 Å². The SMILES string of the molecule is CC(C)n1nc(Cl)c2cc(COc3ccc4c(c3)CCC(C=O)=C4Cl)ccc21. The van der Waals surface area contributed by atoms with Crippen LogP contribution in [0, 0.1) is 0 Å². The van der Waals surface area contributed by atoms with Crippen molar-refractivity contribution in [3.8, 4) is 5.75 Å². The van der Waals surface area contributed by atoms with Crippen LogP contribution in [0.5, 0.6) is 5.75 Å². The van der Waals surface area contributed by atoms with Gasteiger partial charge in [0.2, 0.25) is 0 Å². The molecule has 0 N–H and O–H groups in total. The van der Waals surface area contributed by atoms with Crippen LogP contribution in [0.2, 0.25) is 5.15 Å². The van der Waals surface area contributed by atoms with E-state index in [2.05, 4.69) is 18.9 Å². The first kappa shape index (κ1) is 19.0. The highest BCUT2D eigenvalue weighted by Crippen LogP contribution is 2.35. The maximum absolute atomic E-state index is 11.1. The number of ether oxygens (including phenoxy) is 1. The van der Waals surface area contributed by atoms with Crippen molar-refractivity contribution < 1.29 is 9.53 Å². The van der Waals surface area contributed by atoms with E-state index in [9.17, 15) is 4.79 Å². The fourth-order valence-corrected chi connectivity index (χ4v) is 4.10. The second-order valence-electron chi connectivity index (χ2n) is 7.25. The van der Waals surface area contributed by atoms with Crippen molar-refractivity contribution >= 4 is 45.4 Å². The average Bonchev–Trinajstić information content (AvgIpc) is 3.03. The Balaban J connectivity index is 1.55. The van der Waals surface area contributed by atoms with Crippen LogP contribution in [0.1, 0.15) is 43.0 Å². The number of carbonyl (C=O) groups excluding carboxylic acids is 1. The molecule has 0 radical (unpaired) electrons. The Bertz CT molecular complexity index is 1100. The third kappa shape index (κ3) is 3.43. The number of rotatable bonds is 5. The summed E-state index contributed by atoms with van der Waals surface area (Å²) in [7, 11) is 0. The lowest BCUT2D eigenvalue weighted by Crippen LogP contribution is -2.04. The molecular formula is C22H20Cl2N2O2. The maximum atomic E-state index is 11.1. The molecule has 0 fully saturated rings. The van der Waals surface area contributed by atoms with E-state index in [0.29, 0.717) is 28.8 Å². The summed E-state index contributed by atoms with van der Waals surface area (Å²) in [4.78, 5) is 11.1. The first-order chi connectivity index (χ1) is 13.5. The summed E-state index contributed by atoms with van der Waals surface area (Å²) >= 11 is 12.6. The molecule has 4 rings (SSSR count). The van der Waals surface area contributed by atoms with E-state index < -0.39 is 0 Å². The fourth-order valence-electron chi connectivity index (χ4n) is 3.54. The molecule has 0 saturated heterocycles. The summed E-state index contributed by atoms with van der Waals surface area (Å²) < 4.78 is 7.92. The van der Waals surface area contributed by atoms with Gasteiger partial charge in [0, 0.05) is 17.0 Å². The second kappa shape index (κ2) is 7.61. The standard InChI is InChI=1S/C22H20Cl2N2O2/c1-13(2)26-20-8-3-14(9-19(20)22(24)25-26)12-28-17-6-7-18-15(10-17)4-5-16(11-27)21(18)23/h3,6-11,13H,4-5,12H2,1-2H3. The maximum Gasteiger partial charge on any atom is 0.158 e. The number of halogens is 2. The molecule has 1 heterocycles. The molecular weight excluding hydrogens is 395 g/mol. The lowest BCUT2D eigenvalue weighted by molar-refractivity contribution is -0.105. The third-order valence-electron chi connectivity index (χ3n) is 5.02. The Morgan fingerprint density at radius 2 is 2.00 bits per heavy atom. The van der Waals surface area contributed by atoms with E-state index >= 15 is 0 Å². The Labute approximate surface area is 173 Å². The van der Waals surface area contributed by atoms with Crippen LogP contribution in [-0.4, -0.2) is 16.1 Å². The van der Waals surface area contributed by atoms with Crippen LogP contribution in [0.4, 0.5) is 0 Å². The van der Waals surface area contributed by atoms with Gasteiger partial charge in [-0.15, -0.1) is 0 Å². The first-order valence-corrected chi connectivity index (χ1v) is 10.00. The minimum absolute atomic E-state index is 0.244. The molecule has 1 aliphatic rings. The molecule has 1 aromatic heterocycles. The highest BCUT2D eigenvalue weighted by atomic mass is 35.5. The molecule has 3 aromatic rings. The number of carbonyl (C=O) groups is 1. The highest BCUT2D eigenvalue weighted by Gasteiger charge is 2.18. The zero-order valence-electron chi connectivity index (χ0n) is 15.7. The predicted octanol–water partition coefficient (Wildman–Crippen LogP) is 5.94. The number of fused-ring (bicyclic) bond motifs is 2. The van der Waals surface area contributed by atoms with E-state index in [0.717, 1.165) is 46.0 Å². The number of allylic oxidation sites excluding steroid dienone is 1. The van der Waals surface area contributed by atoms with E-state index in [1.165, 1.54) is 0 Å². The number of nitrogens with zero attached hydrogens (tertiary/aromatic N) is 2. The van der Waals surface area contributed by atoms with E-state index in [-0.39, 0.29) is 6.04 Å². The van der Waals surface area contributed by atoms with E-state index in [4.69, 9.17) is 27.9 Å². The number of aldehydes is 1. The lowest BCUT2D eigenvalue weighted by Gasteiger charge is -2.18. The van der Waals surface area contributed by atoms with Crippen LogP contribution in [0.25, 0.3) is 15.9 Å². The van der Waals surface area contributed by atoms with Crippen molar-refractivity contribution in [1.82, 2.24) is 9.78 Å². The molecule has 0 saturated carbocycles. The van der Waals surface area contributed by atoms with Crippen molar-refractivity contribution in [3.05, 3.63) is 63.8 Å². The molecule has 0 unspecified atom stereocenters. The topological polar surface area (TPSA) is 44.1 Å². The molecule has 28 heavy (non-hydrogen) atoms. The van der Waals surface area contributed by atoms with Crippen LogP contribution >= 0.6 is 23.2 Å². The Kier molecular flexibility index (Phi) is 5.17. The molecule has 1 aliphatic carbocycles. The molecule has 0 aliphatic heterocycles. The van der Waals surface area contributed by atoms with Crippen molar-refractivity contribution in [1.29, 1.82) is 0 Å². The van der Waals surface area contributed by atoms with Gasteiger partial charge in [0.15, 0.2) is 5.15 Å². The van der Waals surface area contributed by atoms with Gasteiger partial charge in [0.1, 0.15) is 18.6 Å². The summed E-state index contributed by atoms with van der Waals surface area (Å²) in [5.41, 5.74) is 4.72. The molecule has 0 bridgehead atoms. The van der Waals surface area contributed by atoms with Crippen molar-refractivity contribution in [3.63, 3.8) is 0 Å². The number of hydrogen-bond acceptors (Lipinski definition) is 3. The highest BCUT2D eigenvalue weighted by molar-refractivity contribution is 6.50. The van der Waals surface area contributed by atoms with Crippen LogP contribution in [0.15, 0.2) is 42.0 Å². The normalized spacial score (nSPS) is 13.9. The summed E-state index contributed by atoms with van der Waals surface area (Å²) in [6.45, 7) is 4.59. The Morgan fingerprint density at radius 1 is 1.18 bits per heavy atom. The summed E-state index contributed by atoms with van der Waals surface area (Å²) in [5, 5.41) is 6.40. The minimum Gasteiger partial charge on any atom is -0.489 e. The molecule has 0 amide bonds. The quantitative estimate of drug-likeness (QED) is 0.484. The van der Waals surface area contributed by atoms with Gasteiger partial charge in [-0.05, 0) is 73.7 Å². The van der Waals surface area contributed by atoms with Gasteiger partial charge in [-0.25, -0.2) is 0 Å². The van der Waals surface area contributed by atoms with Gasteiger partial charge in [-0.2, -0.15) is 5.10 Å². The molecule has 144 valence electrons. The molecule has 0 spiro atoms. The van der Waals surface area contributed by atoms with Crippen LogP contribution in [0.3, 0.4) is 0 Å². The molecule has 2 aromatic carbocycles. The largest absolute Gasteiger partial charge is 0.489 e. The monoisotopic (exact) mass is 414 g/mol. The van der Waals surface area contributed by atoms with Crippen molar-refractivity contribution in [2.75, 3.05) is 0 Å². The smallest absolute Gasteiger partial charge is 0.158 e. The first-order valence-electron chi connectivity index (χ1n) is 9.24. The van der Waals surface area contributed by atoms with Gasteiger partial charge < -0.3 is 4.74 Å². The zero-order valence-corrected chi connectivity index (χ0v) is 17.2. The Hall–Kier alpha value is -2.30. The second-order valence-corrected chi connectivity index (χ2v) is 7.98. The van der Waals surface area contributed by atoms with Crippen LogP contribution in [-0.2, 0) is 17.8 Å². The van der Waals surface area contributed by atoms with Gasteiger partial charge in [0.05, 0.1) is 10.5 Å². The van der Waals surface area contributed by atoms with Gasteiger partial charge in [0.25, 0.3) is 0 Å². The minimum atomic E-state index is 0.244. The molecule has 4 nitrogen and oxygen atoms in total. The zero-order chi connectivity index (χ0) is 19.8. The lowest BCUT2D eigenvalue weighted by atomic mass is 9.92. The number of aromatic nitrogens is 2. The third-order valence-corrected chi connectivity index (χ3v) is 5.75.